The number of methoxy groups -OCH3 is 3. The average Bonchev–Trinajstić information content (AvgIpc) is 3.09. The third-order valence-electron chi connectivity index (χ3n) is 7.55. The molecule has 1 atom stereocenters. The highest BCUT2D eigenvalue weighted by atomic mass is 35.5. The molecule has 0 fully saturated rings. The largest absolute Gasteiger partial charge is 0.495 e. The number of hydrogen-bond acceptors (Lipinski definition) is 7. The van der Waals surface area contributed by atoms with Crippen molar-refractivity contribution in [2.45, 2.75) is 30.8 Å². The summed E-state index contributed by atoms with van der Waals surface area (Å²) in [5, 5.41) is 3.43. The van der Waals surface area contributed by atoms with Crippen molar-refractivity contribution in [1.29, 1.82) is 0 Å². The smallest absolute Gasteiger partial charge is 0.265 e. The summed E-state index contributed by atoms with van der Waals surface area (Å²) in [6, 6.07) is 23.7. The van der Waals surface area contributed by atoms with Gasteiger partial charge in [-0.25, -0.2) is 8.42 Å². The van der Waals surface area contributed by atoms with E-state index in [-0.39, 0.29) is 40.1 Å². The molecule has 0 aliphatic carbocycles. The van der Waals surface area contributed by atoms with E-state index in [2.05, 4.69) is 5.32 Å². The Morgan fingerprint density at radius 1 is 0.812 bits per heavy atom. The van der Waals surface area contributed by atoms with E-state index in [4.69, 9.17) is 37.4 Å². The fourth-order valence-electron chi connectivity index (χ4n) is 5.13. The van der Waals surface area contributed by atoms with Crippen LogP contribution >= 0.6 is 23.2 Å². The predicted molar refractivity (Wildman–Crippen MR) is 187 cm³/mol. The Kier molecular flexibility index (Phi) is 12.6. The summed E-state index contributed by atoms with van der Waals surface area (Å²) >= 11 is 12.9. The molecule has 254 valence electrons. The molecule has 48 heavy (non-hydrogen) atoms. The van der Waals surface area contributed by atoms with Gasteiger partial charge in [0.1, 0.15) is 18.3 Å². The predicted octanol–water partition coefficient (Wildman–Crippen LogP) is 5.99. The van der Waals surface area contributed by atoms with Gasteiger partial charge in [-0.2, -0.15) is 0 Å². The van der Waals surface area contributed by atoms with Crippen molar-refractivity contribution in [2.24, 2.45) is 0 Å². The number of hydrogen-bond donors (Lipinski definition) is 1. The molecule has 0 saturated carbocycles. The summed E-state index contributed by atoms with van der Waals surface area (Å²) in [5.41, 5.74) is 1.39. The SMILES string of the molecule is CCNC(=O)[C@H](Cc1ccccc1)N(Cc1ccccc1Cl)C(=O)CN(c1cc(Cl)ccc1OC)S(=O)(=O)c1ccc(OC)c(OC)c1. The van der Waals surface area contributed by atoms with Crippen molar-refractivity contribution >= 4 is 50.7 Å². The second-order valence-electron chi connectivity index (χ2n) is 10.6. The lowest BCUT2D eigenvalue weighted by molar-refractivity contribution is -0.140. The Bertz CT molecular complexity index is 1840. The number of ether oxygens (including phenoxy) is 3. The number of nitrogens with one attached hydrogen (secondary N) is 1. The molecule has 10 nitrogen and oxygen atoms in total. The fourth-order valence-corrected chi connectivity index (χ4v) is 6.93. The van der Waals surface area contributed by atoms with Gasteiger partial charge in [0.05, 0.1) is 31.9 Å². The first-order valence-electron chi connectivity index (χ1n) is 15.0. The minimum absolute atomic E-state index is 0.0171. The highest BCUT2D eigenvalue weighted by Gasteiger charge is 2.36. The van der Waals surface area contributed by atoms with E-state index in [9.17, 15) is 18.0 Å². The van der Waals surface area contributed by atoms with Crippen LogP contribution in [0.1, 0.15) is 18.1 Å². The van der Waals surface area contributed by atoms with Crippen LogP contribution in [0, 0.1) is 0 Å². The van der Waals surface area contributed by atoms with Crippen molar-refractivity contribution in [1.82, 2.24) is 10.2 Å². The summed E-state index contributed by atoms with van der Waals surface area (Å²) in [5.74, 6) is -0.443. The molecule has 0 aliphatic heterocycles. The summed E-state index contributed by atoms with van der Waals surface area (Å²) in [6.45, 7) is 1.30. The molecule has 0 radical (unpaired) electrons. The van der Waals surface area contributed by atoms with Crippen LogP contribution in [0.3, 0.4) is 0 Å². The zero-order chi connectivity index (χ0) is 34.8. The van der Waals surface area contributed by atoms with Crippen molar-refractivity contribution in [3.63, 3.8) is 0 Å². The molecule has 0 aromatic heterocycles. The van der Waals surface area contributed by atoms with Crippen LogP contribution in [0.15, 0.2) is 95.9 Å². The van der Waals surface area contributed by atoms with Gasteiger partial charge in [0.2, 0.25) is 11.8 Å². The van der Waals surface area contributed by atoms with Gasteiger partial charge in [-0.05, 0) is 54.4 Å². The van der Waals surface area contributed by atoms with Crippen molar-refractivity contribution < 1.29 is 32.2 Å². The third-order valence-corrected chi connectivity index (χ3v) is 9.91. The van der Waals surface area contributed by atoms with Crippen molar-refractivity contribution in [3.05, 3.63) is 112 Å². The van der Waals surface area contributed by atoms with Crippen LogP contribution in [-0.4, -0.2) is 65.6 Å². The lowest BCUT2D eigenvalue weighted by Gasteiger charge is -2.34. The fraction of sp³-hybridized carbons (Fsp3) is 0.257. The summed E-state index contributed by atoms with van der Waals surface area (Å²) in [7, 11) is -0.303. The molecule has 0 bridgehead atoms. The van der Waals surface area contributed by atoms with Gasteiger partial charge in [0.25, 0.3) is 10.0 Å². The lowest BCUT2D eigenvalue weighted by Crippen LogP contribution is -2.53. The number of amides is 2. The maximum absolute atomic E-state index is 14.6. The normalized spacial score (nSPS) is 11.7. The first-order valence-corrected chi connectivity index (χ1v) is 17.2. The van der Waals surface area contributed by atoms with Crippen LogP contribution < -0.4 is 23.8 Å². The first-order chi connectivity index (χ1) is 23.0. The summed E-state index contributed by atoms with van der Waals surface area (Å²) in [4.78, 5) is 29.5. The maximum Gasteiger partial charge on any atom is 0.265 e. The minimum Gasteiger partial charge on any atom is -0.495 e. The van der Waals surface area contributed by atoms with Gasteiger partial charge in [-0.1, -0.05) is 71.7 Å². The lowest BCUT2D eigenvalue weighted by atomic mass is 10.0. The molecule has 4 rings (SSSR count). The van der Waals surface area contributed by atoms with E-state index in [1.54, 1.807) is 37.3 Å². The highest BCUT2D eigenvalue weighted by Crippen LogP contribution is 2.37. The number of anilines is 1. The van der Waals surface area contributed by atoms with Crippen LogP contribution in [0.2, 0.25) is 10.0 Å². The van der Waals surface area contributed by atoms with Gasteiger partial charge >= 0.3 is 0 Å². The Balaban J connectivity index is 1.88. The molecular weight excluding hydrogens is 677 g/mol. The molecule has 0 aliphatic rings. The Labute approximate surface area is 291 Å². The zero-order valence-electron chi connectivity index (χ0n) is 27.0. The Morgan fingerprint density at radius 3 is 2.10 bits per heavy atom. The second-order valence-corrected chi connectivity index (χ2v) is 13.3. The minimum atomic E-state index is -4.50. The van der Waals surface area contributed by atoms with Crippen LogP contribution in [-0.2, 0) is 32.6 Å². The number of nitrogens with zero attached hydrogens (tertiary/aromatic N) is 2. The molecular formula is C35H37Cl2N3O7S. The van der Waals surface area contributed by atoms with Crippen LogP contribution in [0.4, 0.5) is 5.69 Å². The average molecular weight is 715 g/mol. The molecule has 1 N–H and O–H groups in total. The summed E-state index contributed by atoms with van der Waals surface area (Å²) in [6.07, 6.45) is 0.159. The van der Waals surface area contributed by atoms with E-state index >= 15 is 0 Å². The van der Waals surface area contributed by atoms with Crippen LogP contribution in [0.25, 0.3) is 0 Å². The molecule has 4 aromatic rings. The van der Waals surface area contributed by atoms with Crippen molar-refractivity contribution in [3.8, 4) is 17.2 Å². The van der Waals surface area contributed by atoms with Gasteiger partial charge in [0.15, 0.2) is 11.5 Å². The third kappa shape index (κ3) is 8.52. The Morgan fingerprint density at radius 2 is 1.46 bits per heavy atom. The molecule has 2 amide bonds. The van der Waals surface area contributed by atoms with Gasteiger partial charge in [-0.15, -0.1) is 0 Å². The number of benzene rings is 4. The topological polar surface area (TPSA) is 114 Å². The zero-order valence-corrected chi connectivity index (χ0v) is 29.3. The number of likely N-dealkylation sites (N-methyl/N-ethyl adjacent to an activating group) is 1. The monoisotopic (exact) mass is 713 g/mol. The van der Waals surface area contributed by atoms with Crippen LogP contribution in [0.5, 0.6) is 17.2 Å². The van der Waals surface area contributed by atoms with E-state index < -0.39 is 34.4 Å². The second kappa shape index (κ2) is 16.6. The summed E-state index contributed by atoms with van der Waals surface area (Å²) < 4.78 is 46.1. The number of halogens is 2. The van der Waals surface area contributed by atoms with Gasteiger partial charge in [-0.3, -0.25) is 13.9 Å². The maximum atomic E-state index is 14.6. The quantitative estimate of drug-likeness (QED) is 0.161. The van der Waals surface area contributed by atoms with E-state index in [0.717, 1.165) is 9.87 Å². The molecule has 4 aromatic carbocycles. The Hall–Kier alpha value is -4.45. The highest BCUT2D eigenvalue weighted by molar-refractivity contribution is 7.92. The molecule has 0 spiro atoms. The van der Waals surface area contributed by atoms with E-state index in [1.165, 1.54) is 56.6 Å². The number of carbonyl (C=O) groups excluding carboxylic acids is 2. The van der Waals surface area contributed by atoms with Crippen molar-refractivity contribution in [2.75, 3.05) is 38.7 Å². The molecule has 0 saturated heterocycles. The number of sulfonamides is 1. The standard InChI is InChI=1S/C35H37Cl2N3O7S/c1-5-38-35(42)30(19-24-11-7-6-8-12-24)39(22-25-13-9-10-14-28(25)37)34(41)23-40(29-20-26(36)15-17-31(29)45-2)48(43,44)27-16-18-32(46-3)33(21-27)47-4/h6-18,20-21,30H,5,19,22-23H2,1-4H3,(H,38,42)/t30-/m0/s1. The van der Waals surface area contributed by atoms with Gasteiger partial charge < -0.3 is 24.4 Å². The van der Waals surface area contributed by atoms with Gasteiger partial charge in [0, 0.05) is 35.6 Å². The number of rotatable bonds is 15. The molecule has 13 heteroatoms. The molecule has 0 unspecified atom stereocenters. The first kappa shape index (κ1) is 36.4. The number of carbonyl (C=O) groups is 2. The molecule has 0 heterocycles. The van der Waals surface area contributed by atoms with E-state index in [0.29, 0.717) is 22.9 Å². The van der Waals surface area contributed by atoms with E-state index in [1.807, 2.05) is 30.3 Å².